The first-order valence-electron chi connectivity index (χ1n) is 7.91. The Hall–Kier alpha value is -0.860. The number of nitrogens with two attached hydrogens (primary N) is 1. The molecule has 1 saturated carbocycles. The van der Waals surface area contributed by atoms with Gasteiger partial charge in [0.25, 0.3) is 0 Å². The summed E-state index contributed by atoms with van der Waals surface area (Å²) in [7, 11) is 0. The number of fused-ring (bicyclic) bond motifs is 1. The highest BCUT2D eigenvalue weighted by Gasteiger charge is 2.22. The van der Waals surface area contributed by atoms with Crippen LogP contribution in [0.15, 0.2) is 18.2 Å². The summed E-state index contributed by atoms with van der Waals surface area (Å²) in [5.74, 6) is 0. The SMILES string of the molecule is NCCN(Cc1ccc2c(c1)CCC2)C1CCCC1. The fraction of sp³-hybridized carbons (Fsp3) is 0.647. The maximum atomic E-state index is 5.80. The lowest BCUT2D eigenvalue weighted by molar-refractivity contribution is 0.195. The zero-order chi connectivity index (χ0) is 13.1. The minimum atomic E-state index is 0.775. The van der Waals surface area contributed by atoms with Crippen LogP contribution in [0, 0.1) is 0 Å². The summed E-state index contributed by atoms with van der Waals surface area (Å²) in [6.45, 7) is 2.92. The van der Waals surface area contributed by atoms with Crippen molar-refractivity contribution < 1.29 is 0 Å². The topological polar surface area (TPSA) is 29.3 Å². The smallest absolute Gasteiger partial charge is 0.0237 e. The highest BCUT2D eigenvalue weighted by molar-refractivity contribution is 5.35. The van der Waals surface area contributed by atoms with Crippen molar-refractivity contribution in [3.8, 4) is 0 Å². The molecule has 0 aliphatic heterocycles. The summed E-state index contributed by atoms with van der Waals surface area (Å²) < 4.78 is 0. The van der Waals surface area contributed by atoms with Crippen LogP contribution >= 0.6 is 0 Å². The highest BCUT2D eigenvalue weighted by atomic mass is 15.2. The molecule has 2 aliphatic carbocycles. The zero-order valence-electron chi connectivity index (χ0n) is 11.9. The van der Waals surface area contributed by atoms with Crippen molar-refractivity contribution in [2.45, 2.75) is 57.5 Å². The Kier molecular flexibility index (Phi) is 4.19. The van der Waals surface area contributed by atoms with Gasteiger partial charge >= 0.3 is 0 Å². The summed E-state index contributed by atoms with van der Waals surface area (Å²) >= 11 is 0. The van der Waals surface area contributed by atoms with Gasteiger partial charge in [-0.25, -0.2) is 0 Å². The molecule has 2 N–H and O–H groups in total. The van der Waals surface area contributed by atoms with Gasteiger partial charge in [-0.1, -0.05) is 31.0 Å². The lowest BCUT2D eigenvalue weighted by Crippen LogP contribution is -2.36. The van der Waals surface area contributed by atoms with Crippen LogP contribution in [0.2, 0.25) is 0 Å². The minimum Gasteiger partial charge on any atom is -0.329 e. The van der Waals surface area contributed by atoms with Crippen LogP contribution in [0.4, 0.5) is 0 Å². The second-order valence-corrected chi connectivity index (χ2v) is 6.15. The van der Waals surface area contributed by atoms with Crippen LogP contribution in [0.25, 0.3) is 0 Å². The molecule has 3 rings (SSSR count). The Labute approximate surface area is 117 Å². The van der Waals surface area contributed by atoms with Crippen molar-refractivity contribution in [3.63, 3.8) is 0 Å². The molecular weight excluding hydrogens is 232 g/mol. The van der Waals surface area contributed by atoms with E-state index in [1.54, 1.807) is 11.1 Å². The van der Waals surface area contributed by atoms with Gasteiger partial charge in [0.1, 0.15) is 0 Å². The first kappa shape index (κ1) is 13.1. The van der Waals surface area contributed by atoms with Crippen molar-refractivity contribution in [1.29, 1.82) is 0 Å². The summed E-state index contributed by atoms with van der Waals surface area (Å²) in [5.41, 5.74) is 10.5. The van der Waals surface area contributed by atoms with Crippen molar-refractivity contribution in [3.05, 3.63) is 34.9 Å². The quantitative estimate of drug-likeness (QED) is 0.880. The summed E-state index contributed by atoms with van der Waals surface area (Å²) in [6, 6.07) is 7.91. The molecule has 0 amide bonds. The molecule has 2 aliphatic rings. The monoisotopic (exact) mass is 258 g/mol. The average Bonchev–Trinajstić information content (AvgIpc) is 3.09. The van der Waals surface area contributed by atoms with Crippen molar-refractivity contribution in [2.24, 2.45) is 5.73 Å². The molecule has 0 radical (unpaired) electrons. The Bertz CT molecular complexity index is 421. The van der Waals surface area contributed by atoms with Gasteiger partial charge in [0.15, 0.2) is 0 Å². The molecule has 0 aromatic heterocycles. The Morgan fingerprint density at radius 3 is 2.63 bits per heavy atom. The zero-order valence-corrected chi connectivity index (χ0v) is 11.9. The van der Waals surface area contributed by atoms with Crippen LogP contribution < -0.4 is 5.73 Å². The number of nitrogens with zero attached hydrogens (tertiary/aromatic N) is 1. The number of hydrogen-bond acceptors (Lipinski definition) is 2. The Morgan fingerprint density at radius 2 is 1.84 bits per heavy atom. The van der Waals surface area contributed by atoms with Crippen molar-refractivity contribution in [1.82, 2.24) is 4.90 Å². The lowest BCUT2D eigenvalue weighted by Gasteiger charge is -2.28. The van der Waals surface area contributed by atoms with Crippen LogP contribution in [-0.2, 0) is 19.4 Å². The number of hydrogen-bond donors (Lipinski definition) is 1. The molecular formula is C17H26N2. The molecule has 2 heteroatoms. The first-order valence-corrected chi connectivity index (χ1v) is 7.91. The van der Waals surface area contributed by atoms with E-state index in [0.717, 1.165) is 25.7 Å². The second-order valence-electron chi connectivity index (χ2n) is 6.15. The molecule has 1 aromatic rings. The lowest BCUT2D eigenvalue weighted by atomic mass is 10.1. The maximum Gasteiger partial charge on any atom is 0.0237 e. The predicted molar refractivity (Wildman–Crippen MR) is 80.2 cm³/mol. The van der Waals surface area contributed by atoms with Crippen LogP contribution in [0.5, 0.6) is 0 Å². The van der Waals surface area contributed by atoms with Crippen LogP contribution in [0.3, 0.4) is 0 Å². The van der Waals surface area contributed by atoms with E-state index in [1.165, 1.54) is 50.5 Å². The van der Waals surface area contributed by atoms with Gasteiger partial charge in [-0.3, -0.25) is 4.90 Å². The number of rotatable bonds is 5. The van der Waals surface area contributed by atoms with Crippen molar-refractivity contribution in [2.75, 3.05) is 13.1 Å². The van der Waals surface area contributed by atoms with Gasteiger partial charge in [-0.05, 0) is 48.8 Å². The third kappa shape index (κ3) is 3.01. The fourth-order valence-corrected chi connectivity index (χ4v) is 3.78. The highest BCUT2D eigenvalue weighted by Crippen LogP contribution is 2.27. The van der Waals surface area contributed by atoms with Gasteiger partial charge in [0.2, 0.25) is 0 Å². The summed E-state index contributed by atoms with van der Waals surface area (Å²) in [4.78, 5) is 2.61. The van der Waals surface area contributed by atoms with Crippen LogP contribution in [0.1, 0.15) is 48.8 Å². The van der Waals surface area contributed by atoms with E-state index in [2.05, 4.69) is 23.1 Å². The molecule has 1 aromatic carbocycles. The fourth-order valence-electron chi connectivity index (χ4n) is 3.78. The molecule has 1 fully saturated rings. The van der Waals surface area contributed by atoms with Gasteiger partial charge in [-0.15, -0.1) is 0 Å². The van der Waals surface area contributed by atoms with Crippen molar-refractivity contribution >= 4 is 0 Å². The molecule has 2 nitrogen and oxygen atoms in total. The number of benzene rings is 1. The minimum absolute atomic E-state index is 0.775. The number of aryl methyl sites for hydroxylation is 2. The van der Waals surface area contributed by atoms with Gasteiger partial charge in [0.05, 0.1) is 0 Å². The van der Waals surface area contributed by atoms with Gasteiger partial charge in [0, 0.05) is 25.7 Å². The van der Waals surface area contributed by atoms with Crippen LogP contribution in [-0.4, -0.2) is 24.0 Å². The predicted octanol–water partition coefficient (Wildman–Crippen LogP) is 2.88. The van der Waals surface area contributed by atoms with E-state index in [1.807, 2.05) is 0 Å². The normalized spacial score (nSPS) is 19.3. The van der Waals surface area contributed by atoms with E-state index in [-0.39, 0.29) is 0 Å². The standard InChI is InChI=1S/C17H26N2/c18-10-11-19(17-6-1-2-7-17)13-14-8-9-15-4-3-5-16(15)12-14/h8-9,12,17H,1-7,10-11,13,18H2. The van der Waals surface area contributed by atoms with E-state index in [0.29, 0.717) is 0 Å². The largest absolute Gasteiger partial charge is 0.329 e. The molecule has 0 saturated heterocycles. The summed E-state index contributed by atoms with van der Waals surface area (Å²) in [6.07, 6.45) is 9.43. The molecule has 0 spiro atoms. The van der Waals surface area contributed by atoms with E-state index < -0.39 is 0 Å². The molecule has 0 unspecified atom stereocenters. The molecule has 19 heavy (non-hydrogen) atoms. The molecule has 0 heterocycles. The molecule has 104 valence electrons. The molecule has 0 bridgehead atoms. The Morgan fingerprint density at radius 1 is 1.05 bits per heavy atom. The average molecular weight is 258 g/mol. The molecule has 0 atom stereocenters. The summed E-state index contributed by atoms with van der Waals surface area (Å²) in [5, 5.41) is 0. The third-order valence-electron chi connectivity index (χ3n) is 4.81. The maximum absolute atomic E-state index is 5.80. The Balaban J connectivity index is 1.70. The van der Waals surface area contributed by atoms with Gasteiger partial charge < -0.3 is 5.73 Å². The van der Waals surface area contributed by atoms with E-state index in [9.17, 15) is 0 Å². The van der Waals surface area contributed by atoms with Gasteiger partial charge in [-0.2, -0.15) is 0 Å². The second kappa shape index (κ2) is 6.06. The first-order chi connectivity index (χ1) is 9.36. The third-order valence-corrected chi connectivity index (χ3v) is 4.81. The van der Waals surface area contributed by atoms with E-state index >= 15 is 0 Å². The van der Waals surface area contributed by atoms with E-state index in [4.69, 9.17) is 5.73 Å².